The fourth-order valence-corrected chi connectivity index (χ4v) is 2.37. The fraction of sp³-hybridized carbons (Fsp3) is 0.923. The molecule has 0 bridgehead atoms. The minimum absolute atomic E-state index is 0. The zero-order valence-electron chi connectivity index (χ0n) is 10.9. The van der Waals surface area contributed by atoms with Crippen molar-refractivity contribution in [3.8, 4) is 0 Å². The third-order valence-corrected chi connectivity index (χ3v) is 3.45. The molecule has 1 heterocycles. The average molecular weight is 262 g/mol. The molecule has 3 N–H and O–H groups in total. The average Bonchev–Trinajstić information content (AvgIpc) is 2.28. The minimum Gasteiger partial charge on any atom is -0.370 e. The number of nitrogens with one attached hydrogen (secondary N) is 1. The van der Waals surface area contributed by atoms with Crippen LogP contribution in [0.25, 0.3) is 0 Å². The number of guanidine groups is 1. The van der Waals surface area contributed by atoms with Crippen molar-refractivity contribution in [3.63, 3.8) is 0 Å². The summed E-state index contributed by atoms with van der Waals surface area (Å²) in [6, 6.07) is 0. The van der Waals surface area contributed by atoms with Gasteiger partial charge in [-0.3, -0.25) is 5.41 Å². The largest absolute Gasteiger partial charge is 0.370 e. The van der Waals surface area contributed by atoms with E-state index in [2.05, 4.69) is 0 Å². The first kappa shape index (κ1) is 16.6. The molecule has 1 rings (SSSR count). The Labute approximate surface area is 112 Å². The van der Waals surface area contributed by atoms with Crippen LogP contribution in [0.3, 0.4) is 0 Å². The Bertz CT molecular complexity index is 183. The molecule has 0 unspecified atom stereocenters. The molecule has 3 nitrogen and oxygen atoms in total. The smallest absolute Gasteiger partial charge is 0.188 e. The van der Waals surface area contributed by atoms with E-state index in [1.165, 1.54) is 64.2 Å². The molecule has 1 saturated heterocycles. The summed E-state index contributed by atoms with van der Waals surface area (Å²) in [6.07, 6.45) is 13.3. The first-order valence-electron chi connectivity index (χ1n) is 6.89. The molecule has 1 aliphatic rings. The van der Waals surface area contributed by atoms with E-state index in [0.717, 1.165) is 13.1 Å². The Morgan fingerprint density at radius 1 is 0.706 bits per heavy atom. The van der Waals surface area contributed by atoms with Gasteiger partial charge in [-0.15, -0.1) is 12.4 Å². The Morgan fingerprint density at radius 3 is 1.29 bits per heavy atom. The molecule has 4 heteroatoms. The highest BCUT2D eigenvalue weighted by Gasteiger charge is 2.06. The number of nitrogens with zero attached hydrogens (tertiary/aromatic N) is 1. The normalized spacial score (nSPS) is 20.4. The third kappa shape index (κ3) is 8.31. The molecule has 17 heavy (non-hydrogen) atoms. The molecular formula is C13H28ClN3. The van der Waals surface area contributed by atoms with Crippen LogP contribution in [0, 0.1) is 5.41 Å². The highest BCUT2D eigenvalue weighted by Crippen LogP contribution is 2.12. The molecular weight excluding hydrogens is 234 g/mol. The number of nitrogens with two attached hydrogens (primary N) is 1. The van der Waals surface area contributed by atoms with Crippen molar-refractivity contribution in [1.82, 2.24) is 4.90 Å². The summed E-state index contributed by atoms with van der Waals surface area (Å²) >= 11 is 0. The van der Waals surface area contributed by atoms with Crippen LogP contribution in [0.2, 0.25) is 0 Å². The van der Waals surface area contributed by atoms with Gasteiger partial charge in [-0.2, -0.15) is 0 Å². The summed E-state index contributed by atoms with van der Waals surface area (Å²) in [5, 5.41) is 7.53. The lowest BCUT2D eigenvalue weighted by molar-refractivity contribution is 0.382. The zero-order chi connectivity index (χ0) is 11.6. The van der Waals surface area contributed by atoms with Crippen molar-refractivity contribution >= 4 is 18.4 Å². The van der Waals surface area contributed by atoms with E-state index >= 15 is 0 Å². The minimum atomic E-state index is 0. The van der Waals surface area contributed by atoms with E-state index in [1.54, 1.807) is 0 Å². The van der Waals surface area contributed by atoms with Gasteiger partial charge < -0.3 is 10.6 Å². The SMILES string of the molecule is Cl.N=C(N)N1CCCCCCCCCCCC1. The monoisotopic (exact) mass is 261 g/mol. The highest BCUT2D eigenvalue weighted by atomic mass is 35.5. The summed E-state index contributed by atoms with van der Waals surface area (Å²) in [4.78, 5) is 2.04. The van der Waals surface area contributed by atoms with Crippen LogP contribution in [0.15, 0.2) is 0 Å². The van der Waals surface area contributed by atoms with Crippen molar-refractivity contribution in [1.29, 1.82) is 5.41 Å². The molecule has 0 aromatic heterocycles. The number of hydrogen-bond donors (Lipinski definition) is 2. The molecule has 0 atom stereocenters. The number of rotatable bonds is 0. The van der Waals surface area contributed by atoms with Gasteiger partial charge in [-0.05, 0) is 12.8 Å². The second-order valence-corrected chi connectivity index (χ2v) is 4.91. The standard InChI is InChI=1S/C13H27N3.ClH/c14-13(15)16-11-9-7-5-3-1-2-4-6-8-10-12-16;/h1-12H2,(H3,14,15);1H. The van der Waals surface area contributed by atoms with E-state index in [0.29, 0.717) is 0 Å². The Balaban J connectivity index is 0.00000256. The lowest BCUT2D eigenvalue weighted by Crippen LogP contribution is -2.37. The molecule has 0 amide bonds. The zero-order valence-corrected chi connectivity index (χ0v) is 11.7. The van der Waals surface area contributed by atoms with Crippen molar-refractivity contribution in [2.24, 2.45) is 5.73 Å². The number of hydrogen-bond acceptors (Lipinski definition) is 1. The Kier molecular flexibility index (Phi) is 10.4. The molecule has 0 spiro atoms. The van der Waals surface area contributed by atoms with Crippen LogP contribution in [0.5, 0.6) is 0 Å². The van der Waals surface area contributed by atoms with Crippen LogP contribution >= 0.6 is 12.4 Å². The van der Waals surface area contributed by atoms with E-state index < -0.39 is 0 Å². The van der Waals surface area contributed by atoms with E-state index in [-0.39, 0.29) is 18.4 Å². The number of halogens is 1. The second-order valence-electron chi connectivity index (χ2n) is 4.91. The summed E-state index contributed by atoms with van der Waals surface area (Å²) in [6.45, 7) is 1.96. The summed E-state index contributed by atoms with van der Waals surface area (Å²) in [5.74, 6) is 0.259. The van der Waals surface area contributed by atoms with Gasteiger partial charge in [-0.25, -0.2) is 0 Å². The topological polar surface area (TPSA) is 53.1 Å². The molecule has 0 radical (unpaired) electrons. The molecule has 0 aliphatic carbocycles. The van der Waals surface area contributed by atoms with E-state index in [4.69, 9.17) is 11.1 Å². The van der Waals surface area contributed by atoms with E-state index in [9.17, 15) is 0 Å². The Morgan fingerprint density at radius 2 is 1.00 bits per heavy atom. The van der Waals surface area contributed by atoms with Gasteiger partial charge >= 0.3 is 0 Å². The maximum atomic E-state index is 7.53. The van der Waals surface area contributed by atoms with Gasteiger partial charge in [0.15, 0.2) is 5.96 Å². The van der Waals surface area contributed by atoms with Crippen molar-refractivity contribution in [2.75, 3.05) is 13.1 Å². The van der Waals surface area contributed by atoms with E-state index in [1.807, 2.05) is 4.90 Å². The van der Waals surface area contributed by atoms with Crippen molar-refractivity contribution in [2.45, 2.75) is 64.2 Å². The second kappa shape index (κ2) is 10.7. The quantitative estimate of drug-likeness (QED) is 0.518. The lowest BCUT2D eigenvalue weighted by Gasteiger charge is -2.22. The van der Waals surface area contributed by atoms with Crippen LogP contribution in [0.4, 0.5) is 0 Å². The van der Waals surface area contributed by atoms with Gasteiger partial charge in [0.25, 0.3) is 0 Å². The molecule has 0 saturated carbocycles. The van der Waals surface area contributed by atoms with Crippen LogP contribution < -0.4 is 5.73 Å². The first-order valence-corrected chi connectivity index (χ1v) is 6.89. The third-order valence-electron chi connectivity index (χ3n) is 3.45. The molecule has 0 aromatic rings. The predicted molar refractivity (Wildman–Crippen MR) is 76.9 cm³/mol. The first-order chi connectivity index (χ1) is 7.80. The lowest BCUT2D eigenvalue weighted by atomic mass is 10.1. The fourth-order valence-electron chi connectivity index (χ4n) is 2.37. The van der Waals surface area contributed by atoms with Gasteiger partial charge in [-0.1, -0.05) is 51.4 Å². The van der Waals surface area contributed by atoms with Crippen molar-refractivity contribution < 1.29 is 0 Å². The van der Waals surface area contributed by atoms with Crippen molar-refractivity contribution in [3.05, 3.63) is 0 Å². The molecule has 0 aromatic carbocycles. The van der Waals surface area contributed by atoms with Gasteiger partial charge in [0.2, 0.25) is 0 Å². The summed E-state index contributed by atoms with van der Waals surface area (Å²) in [7, 11) is 0. The van der Waals surface area contributed by atoms with Crippen LogP contribution in [0.1, 0.15) is 64.2 Å². The predicted octanol–water partition coefficient (Wildman–Crippen LogP) is 3.52. The maximum Gasteiger partial charge on any atom is 0.188 e. The van der Waals surface area contributed by atoms with Gasteiger partial charge in [0, 0.05) is 13.1 Å². The van der Waals surface area contributed by atoms with Gasteiger partial charge in [0.1, 0.15) is 0 Å². The summed E-state index contributed by atoms with van der Waals surface area (Å²) in [5.41, 5.74) is 5.59. The molecule has 1 fully saturated rings. The molecule has 102 valence electrons. The maximum absolute atomic E-state index is 7.53. The highest BCUT2D eigenvalue weighted by molar-refractivity contribution is 5.85. The Hall–Kier alpha value is -0.440. The summed E-state index contributed by atoms with van der Waals surface area (Å²) < 4.78 is 0. The van der Waals surface area contributed by atoms with Gasteiger partial charge in [0.05, 0.1) is 0 Å². The van der Waals surface area contributed by atoms with Crippen LogP contribution in [-0.2, 0) is 0 Å². The molecule has 1 aliphatic heterocycles. The van der Waals surface area contributed by atoms with Crippen LogP contribution in [-0.4, -0.2) is 23.9 Å².